The molecule has 0 aliphatic carbocycles. The zero-order valence-corrected chi connectivity index (χ0v) is 11.7. The van der Waals surface area contributed by atoms with Crippen molar-refractivity contribution in [1.82, 2.24) is 0 Å². The van der Waals surface area contributed by atoms with Crippen LogP contribution in [0.2, 0.25) is 0 Å². The van der Waals surface area contributed by atoms with Gasteiger partial charge in [0.2, 0.25) is 0 Å². The van der Waals surface area contributed by atoms with Crippen LogP contribution in [0.4, 0.5) is 0 Å². The van der Waals surface area contributed by atoms with E-state index in [1.54, 1.807) is 0 Å². The van der Waals surface area contributed by atoms with Gasteiger partial charge in [0.15, 0.2) is 0 Å². The van der Waals surface area contributed by atoms with Gasteiger partial charge in [0.1, 0.15) is 11.5 Å². The molecule has 0 aliphatic heterocycles. The largest absolute Gasteiger partial charge is 0.465 e. The Morgan fingerprint density at radius 3 is 2.19 bits per heavy atom. The maximum absolute atomic E-state index is 6.05. The van der Waals surface area contributed by atoms with Crippen molar-refractivity contribution in [3.05, 3.63) is 23.7 Å². The van der Waals surface area contributed by atoms with Crippen LogP contribution in [0.1, 0.15) is 44.5 Å². The van der Waals surface area contributed by atoms with Crippen molar-refractivity contribution >= 4 is 11.8 Å². The van der Waals surface area contributed by atoms with Crippen molar-refractivity contribution in [2.75, 3.05) is 0 Å². The quantitative estimate of drug-likeness (QED) is 0.853. The van der Waals surface area contributed by atoms with Crippen LogP contribution in [0.3, 0.4) is 0 Å². The molecular weight excluding hydrogens is 218 g/mol. The van der Waals surface area contributed by atoms with E-state index in [0.29, 0.717) is 11.2 Å². The van der Waals surface area contributed by atoms with Crippen LogP contribution in [-0.4, -0.2) is 11.3 Å². The molecule has 2 nitrogen and oxygen atoms in total. The number of aryl methyl sites for hydroxylation is 1. The number of rotatable bonds is 5. The summed E-state index contributed by atoms with van der Waals surface area (Å²) in [5.74, 6) is 2.62. The number of hydrogen-bond donors (Lipinski definition) is 1. The molecule has 0 radical (unpaired) electrons. The maximum Gasteiger partial charge on any atom is 0.118 e. The molecule has 1 rings (SSSR count). The van der Waals surface area contributed by atoms with Crippen LogP contribution in [-0.2, 0) is 0 Å². The van der Waals surface area contributed by atoms with Crippen LogP contribution >= 0.6 is 11.8 Å². The highest BCUT2D eigenvalue weighted by molar-refractivity contribution is 8.00. The Morgan fingerprint density at radius 2 is 1.81 bits per heavy atom. The fraction of sp³-hybridized carbons (Fsp3) is 0.692. The Labute approximate surface area is 103 Å². The lowest BCUT2D eigenvalue weighted by Gasteiger charge is -2.24. The van der Waals surface area contributed by atoms with E-state index >= 15 is 0 Å². The lowest BCUT2D eigenvalue weighted by atomic mass is 10.1. The van der Waals surface area contributed by atoms with Gasteiger partial charge in [-0.2, -0.15) is 0 Å². The minimum absolute atomic E-state index is 0.108. The zero-order chi connectivity index (χ0) is 12.3. The van der Waals surface area contributed by atoms with Gasteiger partial charge in [0.05, 0.1) is 5.25 Å². The topological polar surface area (TPSA) is 39.2 Å². The van der Waals surface area contributed by atoms with Gasteiger partial charge in [-0.05, 0) is 31.9 Å². The highest BCUT2D eigenvalue weighted by Gasteiger charge is 2.23. The SMILES string of the molecule is Cc1ccc(C(SC(C)C(C)C)C(C)N)o1. The smallest absolute Gasteiger partial charge is 0.118 e. The van der Waals surface area contributed by atoms with Crippen molar-refractivity contribution < 1.29 is 4.42 Å². The second-order valence-electron chi connectivity index (χ2n) is 4.81. The van der Waals surface area contributed by atoms with Gasteiger partial charge in [-0.3, -0.25) is 0 Å². The second kappa shape index (κ2) is 5.78. The fourth-order valence-electron chi connectivity index (χ4n) is 1.44. The van der Waals surface area contributed by atoms with Crippen molar-refractivity contribution in [3.8, 4) is 0 Å². The van der Waals surface area contributed by atoms with Gasteiger partial charge in [0.25, 0.3) is 0 Å². The number of nitrogens with two attached hydrogens (primary N) is 1. The van der Waals surface area contributed by atoms with Crippen LogP contribution in [0.25, 0.3) is 0 Å². The van der Waals surface area contributed by atoms with E-state index in [9.17, 15) is 0 Å². The molecule has 3 heteroatoms. The number of hydrogen-bond acceptors (Lipinski definition) is 3. The standard InChI is InChI=1S/C13H23NOS/c1-8(2)11(5)16-13(10(4)14)12-7-6-9(3)15-12/h6-8,10-11,13H,14H2,1-5H3. The summed E-state index contributed by atoms with van der Waals surface area (Å²) < 4.78 is 5.69. The summed E-state index contributed by atoms with van der Waals surface area (Å²) in [6.45, 7) is 10.7. The molecule has 1 heterocycles. The predicted molar refractivity (Wildman–Crippen MR) is 71.7 cm³/mol. The average Bonchev–Trinajstić information content (AvgIpc) is 2.59. The summed E-state index contributed by atoms with van der Waals surface area (Å²) in [6.07, 6.45) is 0. The molecule has 0 aliphatic rings. The second-order valence-corrected chi connectivity index (χ2v) is 6.34. The Morgan fingerprint density at radius 1 is 1.19 bits per heavy atom. The molecule has 0 fully saturated rings. The molecule has 1 aromatic rings. The molecule has 16 heavy (non-hydrogen) atoms. The molecule has 0 aromatic carbocycles. The Hall–Kier alpha value is -0.410. The summed E-state index contributed by atoms with van der Waals surface area (Å²) in [6, 6.07) is 4.16. The first-order valence-electron chi connectivity index (χ1n) is 5.89. The van der Waals surface area contributed by atoms with Crippen LogP contribution in [0.5, 0.6) is 0 Å². The monoisotopic (exact) mass is 241 g/mol. The molecule has 0 amide bonds. The molecule has 2 N–H and O–H groups in total. The summed E-state index contributed by atoms with van der Waals surface area (Å²) in [5.41, 5.74) is 6.05. The Balaban J connectivity index is 2.76. The van der Waals surface area contributed by atoms with Crippen molar-refractivity contribution in [1.29, 1.82) is 0 Å². The molecule has 92 valence electrons. The van der Waals surface area contributed by atoms with Gasteiger partial charge in [-0.25, -0.2) is 0 Å². The molecule has 0 spiro atoms. The third-order valence-corrected chi connectivity index (χ3v) is 4.75. The Kier molecular flexibility index (Phi) is 4.93. The Bertz CT molecular complexity index is 319. The van der Waals surface area contributed by atoms with Crippen molar-refractivity contribution in [3.63, 3.8) is 0 Å². The molecule has 1 aromatic heterocycles. The third kappa shape index (κ3) is 3.56. The van der Waals surface area contributed by atoms with Gasteiger partial charge < -0.3 is 10.2 Å². The maximum atomic E-state index is 6.05. The van der Waals surface area contributed by atoms with Crippen molar-refractivity contribution in [2.45, 2.75) is 51.2 Å². The first kappa shape index (κ1) is 13.7. The van der Waals surface area contributed by atoms with E-state index in [-0.39, 0.29) is 11.3 Å². The van der Waals surface area contributed by atoms with Crippen LogP contribution in [0, 0.1) is 12.8 Å². The number of thioether (sulfide) groups is 1. The number of furan rings is 1. The molecule has 0 bridgehead atoms. The molecule has 3 unspecified atom stereocenters. The molecule has 0 saturated heterocycles. The summed E-state index contributed by atoms with van der Waals surface area (Å²) >= 11 is 1.91. The van der Waals surface area contributed by atoms with E-state index in [2.05, 4.69) is 20.8 Å². The minimum Gasteiger partial charge on any atom is -0.465 e. The lowest BCUT2D eigenvalue weighted by Crippen LogP contribution is -2.24. The van der Waals surface area contributed by atoms with E-state index < -0.39 is 0 Å². The molecule has 0 saturated carbocycles. The highest BCUT2D eigenvalue weighted by atomic mass is 32.2. The van der Waals surface area contributed by atoms with Gasteiger partial charge >= 0.3 is 0 Å². The highest BCUT2D eigenvalue weighted by Crippen LogP contribution is 2.37. The summed E-state index contributed by atoms with van der Waals surface area (Å²) in [4.78, 5) is 0. The first-order chi connectivity index (χ1) is 7.41. The predicted octanol–water partition coefficient (Wildman–Crippen LogP) is 3.75. The average molecular weight is 241 g/mol. The van der Waals surface area contributed by atoms with Gasteiger partial charge in [-0.1, -0.05) is 20.8 Å². The summed E-state index contributed by atoms with van der Waals surface area (Å²) in [5, 5.41) is 0.840. The molecule has 3 atom stereocenters. The van der Waals surface area contributed by atoms with E-state index in [1.807, 2.05) is 37.7 Å². The van der Waals surface area contributed by atoms with Gasteiger partial charge in [-0.15, -0.1) is 11.8 Å². The van der Waals surface area contributed by atoms with E-state index in [0.717, 1.165) is 11.5 Å². The minimum atomic E-state index is 0.108. The molecular formula is C13H23NOS. The third-order valence-electron chi connectivity index (χ3n) is 2.82. The van der Waals surface area contributed by atoms with Gasteiger partial charge in [0, 0.05) is 11.3 Å². The summed E-state index contributed by atoms with van der Waals surface area (Å²) in [7, 11) is 0. The fourth-order valence-corrected chi connectivity index (χ4v) is 2.73. The van der Waals surface area contributed by atoms with Crippen molar-refractivity contribution in [2.24, 2.45) is 11.7 Å². The zero-order valence-electron chi connectivity index (χ0n) is 10.9. The normalized spacial score (nSPS) is 17.4. The lowest BCUT2D eigenvalue weighted by molar-refractivity contribution is 0.463. The van der Waals surface area contributed by atoms with E-state index in [4.69, 9.17) is 10.2 Å². The first-order valence-corrected chi connectivity index (χ1v) is 6.83. The van der Waals surface area contributed by atoms with Crippen LogP contribution < -0.4 is 5.73 Å². The van der Waals surface area contributed by atoms with E-state index in [1.165, 1.54) is 0 Å². The van der Waals surface area contributed by atoms with Crippen LogP contribution in [0.15, 0.2) is 16.5 Å².